The van der Waals surface area contributed by atoms with Gasteiger partial charge in [0, 0.05) is 46.4 Å². The minimum absolute atomic E-state index is 0.0244. The van der Waals surface area contributed by atoms with Crippen molar-refractivity contribution in [3.05, 3.63) is 70.5 Å². The van der Waals surface area contributed by atoms with Gasteiger partial charge in [0.15, 0.2) is 15.2 Å². The summed E-state index contributed by atoms with van der Waals surface area (Å²) >= 11 is 5.16. The maximum Gasteiger partial charge on any atom is 0.352 e. The second-order valence-corrected chi connectivity index (χ2v) is 15.2. The Morgan fingerprint density at radius 1 is 1.22 bits per heavy atom. The summed E-state index contributed by atoms with van der Waals surface area (Å²) in [6.45, 7) is 3.01. The maximum atomic E-state index is 13.3. The van der Waals surface area contributed by atoms with Crippen molar-refractivity contribution in [2.24, 2.45) is 5.16 Å². The number of anilines is 1. The number of thioether (sulfide) groups is 2. The zero-order valence-electron chi connectivity index (χ0n) is 25.7. The van der Waals surface area contributed by atoms with Crippen LogP contribution < -0.4 is 11.1 Å². The number of nitrogens with zero attached hydrogens (tertiary/aromatic N) is 7. The van der Waals surface area contributed by atoms with Crippen LogP contribution in [0.15, 0.2) is 68.6 Å². The molecule has 2 aliphatic heterocycles. The number of carbonyl (C=O) groups excluding carboxylic acids is 2. The molecule has 4 aromatic heterocycles. The van der Waals surface area contributed by atoms with Crippen LogP contribution in [0.1, 0.15) is 25.2 Å². The first-order valence-corrected chi connectivity index (χ1v) is 18.1. The second kappa shape index (κ2) is 14.0. The Labute approximate surface area is 294 Å². The minimum Gasteiger partial charge on any atom is -0.478 e. The third-order valence-corrected chi connectivity index (χ3v) is 11.4. The van der Waals surface area contributed by atoms with Crippen LogP contribution in [0.5, 0.6) is 0 Å². The molecular weight excluding hydrogens is 715 g/mol. The number of hydrogen-bond donors (Lipinski definition) is 4. The van der Waals surface area contributed by atoms with Crippen LogP contribution in [0, 0.1) is 0 Å². The molecule has 0 saturated carbocycles. The molecule has 0 aliphatic carbocycles. The van der Waals surface area contributed by atoms with E-state index in [1.165, 1.54) is 59.0 Å². The van der Waals surface area contributed by atoms with Crippen molar-refractivity contribution >= 4 is 80.8 Å². The number of thiazole rings is 2. The van der Waals surface area contributed by atoms with Gasteiger partial charge in [-0.05, 0) is 31.6 Å². The molecule has 2 amide bonds. The summed E-state index contributed by atoms with van der Waals surface area (Å²) in [5.41, 5.74) is 6.54. The predicted molar refractivity (Wildman–Crippen MR) is 183 cm³/mol. The lowest BCUT2D eigenvalue weighted by atomic mass is 10.0. The molecule has 2 aliphatic rings. The number of β-lactam (4-membered cyclic amide) rings is 1. The van der Waals surface area contributed by atoms with Crippen LogP contribution in [0.4, 0.5) is 5.13 Å². The summed E-state index contributed by atoms with van der Waals surface area (Å²) in [6.07, 6.45) is 7.09. The molecule has 0 bridgehead atoms. The number of imidazole rings is 1. The van der Waals surface area contributed by atoms with Crippen LogP contribution in [-0.2, 0) is 30.6 Å². The van der Waals surface area contributed by atoms with Gasteiger partial charge >= 0.3 is 11.9 Å². The molecule has 0 unspecified atom stereocenters. The van der Waals surface area contributed by atoms with E-state index in [1.54, 1.807) is 18.7 Å². The van der Waals surface area contributed by atoms with Crippen LogP contribution in [0.25, 0.3) is 11.3 Å². The highest BCUT2D eigenvalue weighted by Gasteiger charge is 2.54. The lowest BCUT2D eigenvalue weighted by Gasteiger charge is -2.49. The lowest BCUT2D eigenvalue weighted by Crippen LogP contribution is -2.71. The summed E-state index contributed by atoms with van der Waals surface area (Å²) in [7, 11) is 0. The molecule has 0 radical (unpaired) electrons. The fraction of sp³-hybridized carbons (Fsp3) is 0.276. The maximum absolute atomic E-state index is 13.3. The number of carboxylic acids is 2. The Hall–Kier alpha value is -4.79. The zero-order valence-corrected chi connectivity index (χ0v) is 28.9. The largest absolute Gasteiger partial charge is 0.478 e. The van der Waals surface area contributed by atoms with E-state index in [1.807, 2.05) is 28.3 Å². The number of amides is 2. The first-order valence-electron chi connectivity index (χ1n) is 14.3. The van der Waals surface area contributed by atoms with Gasteiger partial charge in [0.1, 0.15) is 22.8 Å². The van der Waals surface area contributed by atoms with Gasteiger partial charge in [-0.3, -0.25) is 19.5 Å². The van der Waals surface area contributed by atoms with Gasteiger partial charge in [-0.25, -0.2) is 24.5 Å². The number of carboxylic acid groups (broad SMARTS) is 2. The van der Waals surface area contributed by atoms with Gasteiger partial charge in [-0.1, -0.05) is 16.9 Å². The highest BCUT2D eigenvalue weighted by atomic mass is 32.2. The molecule has 1 saturated heterocycles. The summed E-state index contributed by atoms with van der Waals surface area (Å²) < 4.78 is 2.67. The Bertz CT molecular complexity index is 1990. The van der Waals surface area contributed by atoms with Crippen molar-refractivity contribution < 1.29 is 34.2 Å². The van der Waals surface area contributed by atoms with E-state index in [2.05, 4.69) is 30.4 Å². The van der Waals surface area contributed by atoms with E-state index in [9.17, 15) is 29.4 Å². The molecule has 0 spiro atoms. The van der Waals surface area contributed by atoms with E-state index >= 15 is 0 Å². The monoisotopic (exact) mass is 741 g/mol. The number of carbonyl (C=O) groups is 4. The van der Waals surface area contributed by atoms with Crippen molar-refractivity contribution in [2.45, 2.75) is 41.7 Å². The lowest BCUT2D eigenvalue weighted by molar-refractivity contribution is -0.161. The van der Waals surface area contributed by atoms with Crippen molar-refractivity contribution in [3.8, 4) is 11.3 Å². The number of aromatic nitrogens is 5. The summed E-state index contributed by atoms with van der Waals surface area (Å²) in [5, 5.41) is 28.6. The number of nitrogen functional groups attached to an aromatic ring is 1. The first kappa shape index (κ1) is 34.1. The fourth-order valence-corrected chi connectivity index (χ4v) is 8.55. The highest BCUT2D eigenvalue weighted by molar-refractivity contribution is 8.01. The Kier molecular flexibility index (Phi) is 9.72. The molecule has 20 heteroatoms. The fourth-order valence-electron chi connectivity index (χ4n) is 4.68. The van der Waals surface area contributed by atoms with Gasteiger partial charge < -0.3 is 30.7 Å². The molecule has 2 atom stereocenters. The highest BCUT2D eigenvalue weighted by Crippen LogP contribution is 2.42. The van der Waals surface area contributed by atoms with Gasteiger partial charge in [0.2, 0.25) is 5.60 Å². The third-order valence-electron chi connectivity index (χ3n) is 7.23. The second-order valence-electron chi connectivity index (χ2n) is 11.1. The molecule has 5 N–H and O–H groups in total. The minimum atomic E-state index is -1.77. The normalized spacial score (nSPS) is 17.8. The molecular formula is C29H27N9O7S4. The molecule has 6 rings (SSSR count). The van der Waals surface area contributed by atoms with Crippen molar-refractivity contribution in [3.63, 3.8) is 0 Å². The molecule has 6 heterocycles. The van der Waals surface area contributed by atoms with Crippen molar-refractivity contribution in [1.29, 1.82) is 0 Å². The van der Waals surface area contributed by atoms with Gasteiger partial charge in [0.25, 0.3) is 11.8 Å². The van der Waals surface area contributed by atoms with Crippen molar-refractivity contribution in [2.75, 3.05) is 17.2 Å². The number of aliphatic carboxylic acids is 2. The van der Waals surface area contributed by atoms with Gasteiger partial charge in [0.05, 0.1) is 24.3 Å². The number of fused-ring (bicyclic) bond motifs is 1. The Morgan fingerprint density at radius 3 is 2.73 bits per heavy atom. The van der Waals surface area contributed by atoms with Crippen LogP contribution in [-0.4, -0.2) is 97.6 Å². The average Bonchev–Trinajstić information content (AvgIpc) is 3.84. The predicted octanol–water partition coefficient (Wildman–Crippen LogP) is 2.60. The van der Waals surface area contributed by atoms with Gasteiger partial charge in [-0.15, -0.1) is 34.4 Å². The Balaban J connectivity index is 1.11. The van der Waals surface area contributed by atoms with E-state index in [4.69, 9.17) is 10.6 Å². The van der Waals surface area contributed by atoms with Gasteiger partial charge in [-0.2, -0.15) is 0 Å². The summed E-state index contributed by atoms with van der Waals surface area (Å²) in [5.74, 6) is -3.45. The molecule has 1 fully saturated rings. The van der Waals surface area contributed by atoms with E-state index in [0.29, 0.717) is 23.6 Å². The van der Waals surface area contributed by atoms with Crippen molar-refractivity contribution in [1.82, 2.24) is 34.7 Å². The number of oxime groups is 1. The van der Waals surface area contributed by atoms with E-state index in [-0.39, 0.29) is 22.2 Å². The third kappa shape index (κ3) is 7.31. The Morgan fingerprint density at radius 2 is 2.04 bits per heavy atom. The summed E-state index contributed by atoms with van der Waals surface area (Å²) in [6, 6.07) is 2.71. The SMILES string of the molecule is CC(C)(O/N=C(/C(=O)N[C@@H]1C(=O)N2C(C(=O)O)=C(CSc3nc(Cn4cnc(-c5cccnc5)c4)cs3)CS[C@H]12)c1csc(N)n1)C(=O)O. The molecule has 254 valence electrons. The average molecular weight is 742 g/mol. The molecule has 0 aromatic carbocycles. The zero-order chi connectivity index (χ0) is 34.9. The number of nitrogens with two attached hydrogens (primary N) is 1. The summed E-state index contributed by atoms with van der Waals surface area (Å²) in [4.78, 5) is 74.1. The molecule has 4 aromatic rings. The topological polar surface area (TPSA) is 228 Å². The smallest absolute Gasteiger partial charge is 0.352 e. The quantitative estimate of drug-likeness (QED) is 0.0669. The standard InChI is InChI=1S/C29H27N9O7S4/c1-29(2,26(43)44)45-36-19(18-12-47-27(30)34-18)22(39)35-20-23(40)38-21(25(41)42)15(9-46-24(20)38)10-48-28-33-16(11-49-28)7-37-8-17(32-13-37)14-4-3-5-31-6-14/h3-6,8,11-13,20,24H,7,9-10H2,1-2H3,(H2,30,34)(H,35,39)(H,41,42)(H,43,44)/b36-19+/t20-,24-/m1/s1. The van der Waals surface area contributed by atoms with Crippen LogP contribution in [0.3, 0.4) is 0 Å². The van der Waals surface area contributed by atoms with Crippen LogP contribution in [0.2, 0.25) is 0 Å². The number of hydrogen-bond acceptors (Lipinski definition) is 15. The molecule has 16 nitrogen and oxygen atoms in total. The van der Waals surface area contributed by atoms with E-state index < -0.39 is 40.8 Å². The van der Waals surface area contributed by atoms with E-state index in [0.717, 1.165) is 32.6 Å². The molecule has 49 heavy (non-hydrogen) atoms. The van der Waals surface area contributed by atoms with Crippen LogP contribution >= 0.6 is 46.2 Å². The number of nitrogens with one attached hydrogen (secondary N) is 1. The first-order chi connectivity index (χ1) is 23.4. The number of pyridine rings is 1. The number of rotatable bonds is 13.